The molecule has 1 fully saturated rings. The van der Waals surface area contributed by atoms with Crippen molar-refractivity contribution in [1.82, 2.24) is 4.90 Å². The van der Waals surface area contributed by atoms with Gasteiger partial charge >= 0.3 is 5.97 Å². The van der Waals surface area contributed by atoms with Crippen molar-refractivity contribution in [3.63, 3.8) is 0 Å². The van der Waals surface area contributed by atoms with E-state index in [2.05, 4.69) is 4.99 Å². The summed E-state index contributed by atoms with van der Waals surface area (Å²) in [4.78, 5) is 25.5. The van der Waals surface area contributed by atoms with E-state index in [9.17, 15) is 4.79 Å². The lowest BCUT2D eigenvalue weighted by Crippen LogP contribution is -2.40. The lowest BCUT2D eigenvalue weighted by Gasteiger charge is -2.24. The second-order valence-electron chi connectivity index (χ2n) is 3.16. The van der Waals surface area contributed by atoms with Gasteiger partial charge < -0.3 is 14.4 Å². The normalized spacial score (nSPS) is 22.3. The van der Waals surface area contributed by atoms with Crippen LogP contribution in [0.5, 0.6) is 0 Å². The van der Waals surface area contributed by atoms with Gasteiger partial charge in [-0.25, -0.2) is 9.79 Å². The standard InChI is InChI=1S/C9H12N2O2.CH2O/c1-13-9(12)7-3-4-8-10-5-2-6-11(7)8;1-2/h2,5,7H,3-4,6H2,1H3;1H2/t7-;/m0./s1. The molecule has 0 N–H and O–H groups in total. The van der Waals surface area contributed by atoms with Crippen LogP contribution in [-0.4, -0.2) is 43.2 Å². The molecular weight excluding hydrogens is 196 g/mol. The van der Waals surface area contributed by atoms with Crippen molar-refractivity contribution in [3.8, 4) is 0 Å². The van der Waals surface area contributed by atoms with Crippen molar-refractivity contribution in [1.29, 1.82) is 0 Å². The Bertz CT molecular complexity index is 299. The first-order chi connectivity index (χ1) is 7.33. The maximum Gasteiger partial charge on any atom is 0.328 e. The first-order valence-electron chi connectivity index (χ1n) is 4.68. The van der Waals surface area contributed by atoms with Crippen molar-refractivity contribution in [3.05, 3.63) is 12.3 Å². The van der Waals surface area contributed by atoms with Gasteiger partial charge in [-0.2, -0.15) is 0 Å². The Morgan fingerprint density at radius 3 is 3.07 bits per heavy atom. The van der Waals surface area contributed by atoms with Gasteiger partial charge in [0.15, 0.2) is 0 Å². The number of nitrogens with zero attached hydrogens (tertiary/aromatic N) is 2. The summed E-state index contributed by atoms with van der Waals surface area (Å²) in [5.41, 5.74) is 0. The summed E-state index contributed by atoms with van der Waals surface area (Å²) in [5, 5.41) is 0. The number of fused-ring (bicyclic) bond motifs is 1. The minimum atomic E-state index is -0.152. The highest BCUT2D eigenvalue weighted by Gasteiger charge is 2.35. The van der Waals surface area contributed by atoms with E-state index in [1.165, 1.54) is 7.11 Å². The molecule has 0 radical (unpaired) electrons. The average molecular weight is 210 g/mol. The molecule has 5 heteroatoms. The Kier molecular flexibility index (Phi) is 4.03. The molecular formula is C10H14N2O3. The van der Waals surface area contributed by atoms with Gasteiger partial charge in [-0.15, -0.1) is 0 Å². The van der Waals surface area contributed by atoms with Gasteiger partial charge in [-0.05, 0) is 12.5 Å². The lowest BCUT2D eigenvalue weighted by molar-refractivity contribution is -0.144. The highest BCUT2D eigenvalue weighted by molar-refractivity contribution is 5.92. The second-order valence-corrected chi connectivity index (χ2v) is 3.16. The zero-order valence-electron chi connectivity index (χ0n) is 8.68. The number of hydrogen-bond donors (Lipinski definition) is 0. The fourth-order valence-electron chi connectivity index (χ4n) is 1.80. The molecule has 0 aromatic carbocycles. The quantitative estimate of drug-likeness (QED) is 0.586. The molecule has 82 valence electrons. The van der Waals surface area contributed by atoms with E-state index < -0.39 is 0 Å². The molecule has 2 heterocycles. The van der Waals surface area contributed by atoms with Gasteiger partial charge in [-0.1, -0.05) is 0 Å². The average Bonchev–Trinajstić information content (AvgIpc) is 2.74. The molecule has 1 saturated heterocycles. The molecule has 0 aromatic rings. The van der Waals surface area contributed by atoms with Crippen LogP contribution in [0.25, 0.3) is 0 Å². The minimum absolute atomic E-state index is 0.117. The molecule has 15 heavy (non-hydrogen) atoms. The number of esters is 1. The van der Waals surface area contributed by atoms with Gasteiger partial charge in [0.1, 0.15) is 18.7 Å². The zero-order chi connectivity index (χ0) is 11.3. The topological polar surface area (TPSA) is 59.0 Å². The number of ether oxygens (including phenoxy) is 1. The summed E-state index contributed by atoms with van der Waals surface area (Å²) in [5.74, 6) is 0.860. The van der Waals surface area contributed by atoms with Crippen LogP contribution >= 0.6 is 0 Å². The molecule has 2 aliphatic heterocycles. The SMILES string of the molecule is C=O.COC(=O)[C@@H]1CCC2=NC=CCN21. The molecule has 0 spiro atoms. The third kappa shape index (κ3) is 2.23. The predicted octanol–water partition coefficient (Wildman–Crippen LogP) is 0.365. The van der Waals surface area contributed by atoms with E-state index in [1.54, 1.807) is 6.20 Å². The summed E-state index contributed by atoms with van der Waals surface area (Å²) < 4.78 is 4.72. The first kappa shape index (κ1) is 11.4. The van der Waals surface area contributed by atoms with Crippen LogP contribution < -0.4 is 0 Å². The van der Waals surface area contributed by atoms with Gasteiger partial charge in [0.05, 0.1) is 7.11 Å². The third-order valence-corrected chi connectivity index (χ3v) is 2.45. The Balaban J connectivity index is 0.000000531. The number of amidine groups is 1. The van der Waals surface area contributed by atoms with E-state index in [1.807, 2.05) is 17.8 Å². The zero-order valence-corrected chi connectivity index (χ0v) is 8.68. The molecule has 2 rings (SSSR count). The highest BCUT2D eigenvalue weighted by Crippen LogP contribution is 2.22. The Morgan fingerprint density at radius 2 is 2.40 bits per heavy atom. The van der Waals surface area contributed by atoms with Crippen LogP contribution in [-0.2, 0) is 14.3 Å². The molecule has 0 amide bonds. The fraction of sp³-hybridized carbons (Fsp3) is 0.500. The Labute approximate surface area is 88.4 Å². The molecule has 0 aliphatic carbocycles. The van der Waals surface area contributed by atoms with Crippen LogP contribution in [0, 0.1) is 0 Å². The smallest absolute Gasteiger partial charge is 0.328 e. The number of carbonyl (C=O) groups excluding carboxylic acids is 2. The maximum atomic E-state index is 11.3. The predicted molar refractivity (Wildman–Crippen MR) is 55.4 cm³/mol. The van der Waals surface area contributed by atoms with Crippen LogP contribution in [0.15, 0.2) is 17.3 Å². The maximum absolute atomic E-state index is 11.3. The molecule has 5 nitrogen and oxygen atoms in total. The summed E-state index contributed by atoms with van der Waals surface area (Å²) >= 11 is 0. The van der Waals surface area contributed by atoms with Gasteiger partial charge in [-0.3, -0.25) is 0 Å². The highest BCUT2D eigenvalue weighted by atomic mass is 16.5. The minimum Gasteiger partial charge on any atom is -0.467 e. The molecule has 0 bridgehead atoms. The number of methoxy groups -OCH3 is 1. The Hall–Kier alpha value is -1.65. The fourth-order valence-corrected chi connectivity index (χ4v) is 1.80. The van der Waals surface area contributed by atoms with Gasteiger partial charge in [0.25, 0.3) is 0 Å². The summed E-state index contributed by atoms with van der Waals surface area (Å²) in [7, 11) is 1.43. The van der Waals surface area contributed by atoms with Crippen molar-refractivity contribution in [2.45, 2.75) is 18.9 Å². The second kappa shape index (κ2) is 5.29. The molecule has 0 aromatic heterocycles. The largest absolute Gasteiger partial charge is 0.467 e. The van der Waals surface area contributed by atoms with Crippen molar-refractivity contribution >= 4 is 18.6 Å². The number of carbonyl (C=O) groups is 2. The van der Waals surface area contributed by atoms with E-state index in [0.29, 0.717) is 0 Å². The molecule has 2 aliphatic rings. The third-order valence-electron chi connectivity index (χ3n) is 2.45. The van der Waals surface area contributed by atoms with Gasteiger partial charge in [0.2, 0.25) is 0 Å². The van der Waals surface area contributed by atoms with Crippen LogP contribution in [0.2, 0.25) is 0 Å². The van der Waals surface area contributed by atoms with Crippen LogP contribution in [0.4, 0.5) is 0 Å². The van der Waals surface area contributed by atoms with Crippen molar-refractivity contribution in [2.75, 3.05) is 13.7 Å². The molecule has 1 atom stereocenters. The molecule has 0 unspecified atom stereocenters. The monoisotopic (exact) mass is 210 g/mol. The van der Waals surface area contributed by atoms with Crippen molar-refractivity contribution < 1.29 is 14.3 Å². The first-order valence-corrected chi connectivity index (χ1v) is 4.68. The van der Waals surface area contributed by atoms with Crippen LogP contribution in [0.3, 0.4) is 0 Å². The summed E-state index contributed by atoms with van der Waals surface area (Å²) in [6.45, 7) is 2.78. The number of hydrogen-bond acceptors (Lipinski definition) is 5. The van der Waals surface area contributed by atoms with E-state index in [4.69, 9.17) is 9.53 Å². The molecule has 0 saturated carbocycles. The lowest BCUT2D eigenvalue weighted by atomic mass is 10.2. The number of rotatable bonds is 1. The van der Waals surface area contributed by atoms with E-state index >= 15 is 0 Å². The van der Waals surface area contributed by atoms with E-state index in [-0.39, 0.29) is 12.0 Å². The van der Waals surface area contributed by atoms with E-state index in [0.717, 1.165) is 25.2 Å². The van der Waals surface area contributed by atoms with Crippen LogP contribution in [0.1, 0.15) is 12.8 Å². The number of aliphatic imine (C=N–C) groups is 1. The summed E-state index contributed by atoms with van der Waals surface area (Å²) in [6.07, 6.45) is 5.45. The van der Waals surface area contributed by atoms with Crippen molar-refractivity contribution in [2.24, 2.45) is 4.99 Å². The van der Waals surface area contributed by atoms with Gasteiger partial charge in [0, 0.05) is 19.2 Å². The summed E-state index contributed by atoms with van der Waals surface area (Å²) in [6, 6.07) is -0.117. The Morgan fingerprint density at radius 1 is 1.67 bits per heavy atom.